The normalized spacial score (nSPS) is 11.3. The molecule has 1 N–H and O–H groups in total. The SMILES string of the molecule is CCOC(=O)c1c(Nc2ccc(C(=O)OC)cc2)nc2ccc(F)cc2c1C(F)(F)F. The first-order valence-electron chi connectivity index (χ1n) is 8.98. The first-order valence-corrected chi connectivity index (χ1v) is 8.98. The van der Waals surface area contributed by atoms with Crippen LogP contribution < -0.4 is 5.32 Å². The summed E-state index contributed by atoms with van der Waals surface area (Å²) in [6.45, 7) is 1.27. The summed E-state index contributed by atoms with van der Waals surface area (Å²) in [6, 6.07) is 8.31. The molecule has 162 valence electrons. The lowest BCUT2D eigenvalue weighted by molar-refractivity contribution is -0.136. The molecule has 10 heteroatoms. The van der Waals surface area contributed by atoms with Crippen LogP contribution in [0.2, 0.25) is 0 Å². The van der Waals surface area contributed by atoms with Gasteiger partial charge in [0.15, 0.2) is 0 Å². The summed E-state index contributed by atoms with van der Waals surface area (Å²) >= 11 is 0. The van der Waals surface area contributed by atoms with Crippen molar-refractivity contribution in [2.24, 2.45) is 0 Å². The highest BCUT2D eigenvalue weighted by molar-refractivity contribution is 6.03. The van der Waals surface area contributed by atoms with Crippen molar-refractivity contribution in [1.29, 1.82) is 0 Å². The number of hydrogen-bond acceptors (Lipinski definition) is 6. The molecule has 3 aromatic rings. The Labute approximate surface area is 173 Å². The molecule has 0 saturated heterocycles. The van der Waals surface area contributed by atoms with Crippen LogP contribution in [0.1, 0.15) is 33.2 Å². The maximum absolute atomic E-state index is 14.0. The number of alkyl halides is 3. The van der Waals surface area contributed by atoms with Gasteiger partial charge in [-0.3, -0.25) is 0 Å². The molecule has 0 saturated carbocycles. The van der Waals surface area contributed by atoms with E-state index >= 15 is 0 Å². The van der Waals surface area contributed by atoms with Crippen LogP contribution in [0.5, 0.6) is 0 Å². The molecule has 3 rings (SSSR count). The Kier molecular flexibility index (Phi) is 6.09. The molecule has 0 fully saturated rings. The van der Waals surface area contributed by atoms with E-state index in [2.05, 4.69) is 15.0 Å². The number of carbonyl (C=O) groups excluding carboxylic acids is 2. The molecule has 1 aromatic heterocycles. The molecule has 6 nitrogen and oxygen atoms in total. The van der Waals surface area contributed by atoms with Crippen LogP contribution in [0.3, 0.4) is 0 Å². The van der Waals surface area contributed by atoms with Crippen LogP contribution in [0.15, 0.2) is 42.5 Å². The van der Waals surface area contributed by atoms with Gasteiger partial charge in [-0.1, -0.05) is 0 Å². The second-order valence-electron chi connectivity index (χ2n) is 6.28. The predicted octanol–water partition coefficient (Wildman–Crippen LogP) is 5.10. The van der Waals surface area contributed by atoms with Crippen LogP contribution >= 0.6 is 0 Å². The molecule has 0 bridgehead atoms. The van der Waals surface area contributed by atoms with Crippen molar-refractivity contribution in [1.82, 2.24) is 4.98 Å². The average Bonchev–Trinajstić information content (AvgIpc) is 2.72. The zero-order chi connectivity index (χ0) is 22.8. The minimum Gasteiger partial charge on any atom is -0.465 e. The van der Waals surface area contributed by atoms with E-state index in [-0.39, 0.29) is 23.4 Å². The van der Waals surface area contributed by atoms with Crippen LogP contribution in [-0.2, 0) is 15.7 Å². The molecule has 0 atom stereocenters. The standard InChI is InChI=1S/C21H16F4N2O4/c1-3-31-20(29)16-17(21(23,24)25)14-10-12(22)6-9-15(14)27-18(16)26-13-7-4-11(5-8-13)19(28)30-2/h4-10H,3H2,1-2H3,(H,26,27). The topological polar surface area (TPSA) is 77.5 Å². The smallest absolute Gasteiger partial charge is 0.418 e. The number of nitrogens with zero attached hydrogens (tertiary/aromatic N) is 1. The summed E-state index contributed by atoms with van der Waals surface area (Å²) in [7, 11) is 1.21. The molecule has 0 aliphatic rings. The van der Waals surface area contributed by atoms with Gasteiger partial charge in [-0.05, 0) is 49.4 Å². The quantitative estimate of drug-likeness (QED) is 0.443. The lowest BCUT2D eigenvalue weighted by Gasteiger charge is -2.19. The van der Waals surface area contributed by atoms with Gasteiger partial charge >= 0.3 is 18.1 Å². The fourth-order valence-electron chi connectivity index (χ4n) is 2.97. The summed E-state index contributed by atoms with van der Waals surface area (Å²) in [4.78, 5) is 28.1. The summed E-state index contributed by atoms with van der Waals surface area (Å²) in [6.07, 6.45) is -5.00. The molecular weight excluding hydrogens is 420 g/mol. The first kappa shape index (κ1) is 22.0. The molecule has 0 spiro atoms. The summed E-state index contributed by atoms with van der Waals surface area (Å²) < 4.78 is 65.0. The molecule has 0 aliphatic carbocycles. The van der Waals surface area contributed by atoms with Crippen molar-refractivity contribution in [2.75, 3.05) is 19.0 Å². The Morgan fingerprint density at radius 3 is 2.32 bits per heavy atom. The molecule has 0 aliphatic heterocycles. The van der Waals surface area contributed by atoms with Gasteiger partial charge in [-0.15, -0.1) is 0 Å². The first-order chi connectivity index (χ1) is 14.7. The number of ether oxygens (including phenoxy) is 2. The summed E-state index contributed by atoms with van der Waals surface area (Å²) in [5, 5.41) is 2.09. The molecule has 0 radical (unpaired) electrons. The van der Waals surface area contributed by atoms with E-state index in [0.29, 0.717) is 6.07 Å². The van der Waals surface area contributed by atoms with Gasteiger partial charge in [0.25, 0.3) is 0 Å². The van der Waals surface area contributed by atoms with E-state index in [1.807, 2.05) is 0 Å². The van der Waals surface area contributed by atoms with Crippen LogP contribution in [0.4, 0.5) is 29.1 Å². The van der Waals surface area contributed by atoms with Gasteiger partial charge in [0.2, 0.25) is 0 Å². The van der Waals surface area contributed by atoms with Gasteiger partial charge in [-0.25, -0.2) is 19.0 Å². The molecule has 0 amide bonds. The Bertz CT molecular complexity index is 1140. The van der Waals surface area contributed by atoms with E-state index in [1.54, 1.807) is 0 Å². The third-order valence-corrected chi connectivity index (χ3v) is 4.28. The second-order valence-corrected chi connectivity index (χ2v) is 6.28. The highest BCUT2D eigenvalue weighted by Crippen LogP contribution is 2.40. The number of fused-ring (bicyclic) bond motifs is 1. The minimum absolute atomic E-state index is 0.171. The van der Waals surface area contributed by atoms with Crippen LogP contribution in [0.25, 0.3) is 10.9 Å². The fraction of sp³-hybridized carbons (Fsp3) is 0.190. The summed E-state index contributed by atoms with van der Waals surface area (Å²) in [5.41, 5.74) is -1.93. The van der Waals surface area contributed by atoms with Crippen molar-refractivity contribution >= 4 is 34.3 Å². The van der Waals surface area contributed by atoms with E-state index in [1.165, 1.54) is 38.3 Å². The third kappa shape index (κ3) is 4.57. The van der Waals surface area contributed by atoms with E-state index < -0.39 is 46.3 Å². The number of carbonyl (C=O) groups is 2. The highest BCUT2D eigenvalue weighted by Gasteiger charge is 2.40. The van der Waals surface area contributed by atoms with Crippen molar-refractivity contribution in [3.05, 3.63) is 65.0 Å². The van der Waals surface area contributed by atoms with Crippen molar-refractivity contribution in [3.63, 3.8) is 0 Å². The van der Waals surface area contributed by atoms with Gasteiger partial charge in [0, 0.05) is 11.1 Å². The van der Waals surface area contributed by atoms with Crippen LogP contribution in [0, 0.1) is 5.82 Å². The van der Waals surface area contributed by atoms with Gasteiger partial charge in [0.1, 0.15) is 17.2 Å². The van der Waals surface area contributed by atoms with Crippen LogP contribution in [-0.4, -0.2) is 30.6 Å². The third-order valence-electron chi connectivity index (χ3n) is 4.28. The molecule has 31 heavy (non-hydrogen) atoms. The number of hydrogen-bond donors (Lipinski definition) is 1. The predicted molar refractivity (Wildman–Crippen MR) is 104 cm³/mol. The monoisotopic (exact) mass is 436 g/mol. The fourth-order valence-corrected chi connectivity index (χ4v) is 2.97. The minimum atomic E-state index is -5.00. The van der Waals surface area contributed by atoms with Gasteiger partial charge in [0.05, 0.1) is 30.4 Å². The molecule has 2 aromatic carbocycles. The van der Waals surface area contributed by atoms with E-state index in [9.17, 15) is 27.2 Å². The van der Waals surface area contributed by atoms with Crippen molar-refractivity contribution < 1.29 is 36.6 Å². The van der Waals surface area contributed by atoms with Gasteiger partial charge in [-0.2, -0.15) is 13.2 Å². The number of esters is 2. The van der Waals surface area contributed by atoms with Crippen molar-refractivity contribution in [2.45, 2.75) is 13.1 Å². The number of methoxy groups -OCH3 is 1. The lowest BCUT2D eigenvalue weighted by atomic mass is 10.0. The Hall–Kier alpha value is -3.69. The van der Waals surface area contributed by atoms with E-state index in [0.717, 1.165) is 12.1 Å². The zero-order valence-corrected chi connectivity index (χ0v) is 16.3. The maximum atomic E-state index is 14.0. The van der Waals surface area contributed by atoms with Crippen molar-refractivity contribution in [3.8, 4) is 0 Å². The Balaban J connectivity index is 2.22. The largest absolute Gasteiger partial charge is 0.465 e. The highest BCUT2D eigenvalue weighted by atomic mass is 19.4. The van der Waals surface area contributed by atoms with E-state index in [4.69, 9.17) is 4.74 Å². The number of anilines is 2. The molecular formula is C21H16F4N2O4. The molecule has 0 unspecified atom stereocenters. The number of pyridine rings is 1. The van der Waals surface area contributed by atoms with Gasteiger partial charge < -0.3 is 14.8 Å². The zero-order valence-electron chi connectivity index (χ0n) is 16.3. The number of halogens is 4. The maximum Gasteiger partial charge on any atom is 0.418 e. The number of benzene rings is 2. The second kappa shape index (κ2) is 8.58. The summed E-state index contributed by atoms with van der Waals surface area (Å²) in [5.74, 6) is -3.18. The Morgan fingerprint density at radius 1 is 1.06 bits per heavy atom. The average molecular weight is 436 g/mol. The lowest BCUT2D eigenvalue weighted by Crippen LogP contribution is -2.19. The number of nitrogens with one attached hydrogen (secondary N) is 1. The molecule has 1 heterocycles. The number of rotatable bonds is 5. The Morgan fingerprint density at radius 2 is 1.74 bits per heavy atom. The number of aromatic nitrogens is 1.